The van der Waals surface area contributed by atoms with Gasteiger partial charge < -0.3 is 35.4 Å². The monoisotopic (exact) mass is 916 g/mol. The van der Waals surface area contributed by atoms with E-state index >= 15 is 0 Å². The summed E-state index contributed by atoms with van der Waals surface area (Å²) >= 11 is 0. The molecular weight excluding hydrogens is 819 g/mol. The molecule has 1 saturated heterocycles. The van der Waals surface area contributed by atoms with E-state index in [1.165, 1.54) is 140 Å². The Bertz CT molecular complexity index is 1330. The van der Waals surface area contributed by atoms with Crippen molar-refractivity contribution in [3.63, 3.8) is 0 Å². The van der Waals surface area contributed by atoms with E-state index in [2.05, 4.69) is 13.8 Å². The standard InChI is InChI=1S/C54H97N3O8/c1-5-7-9-11-13-15-17-19-20-21-23-25-27-29-31-36-40-56(48(59)39-35-30-28-26-24-22-18-16-14-12-10-8-6-2)53-49(51(61)50(60)47(42-58)65-53)57(52(62)46(55)41-44(3)4)54(63)64-43-45-37-33-32-34-38-45/h32-34,37-38,44,46-47,49-51,53,58,60-61H,5-31,35-36,39-43,55H2,1-4H3/t46-,47+,49+,50+,51+,53+/m0/s1. The second kappa shape index (κ2) is 37.4. The highest BCUT2D eigenvalue weighted by Crippen LogP contribution is 2.31. The summed E-state index contributed by atoms with van der Waals surface area (Å²) in [4.78, 5) is 45.2. The Balaban J connectivity index is 2.17. The molecule has 1 aromatic rings. The molecule has 0 saturated carbocycles. The molecule has 0 bridgehead atoms. The lowest BCUT2D eigenvalue weighted by Gasteiger charge is -2.49. The van der Waals surface area contributed by atoms with Crippen molar-refractivity contribution in [2.24, 2.45) is 11.7 Å². The third kappa shape index (κ3) is 24.9. The van der Waals surface area contributed by atoms with E-state index in [1.54, 1.807) is 12.1 Å². The number of ether oxygens (including phenoxy) is 2. The Labute approximate surface area is 396 Å². The molecule has 376 valence electrons. The highest BCUT2D eigenvalue weighted by molar-refractivity contribution is 5.95. The molecule has 1 aliphatic rings. The molecule has 0 aromatic heterocycles. The first-order valence-electron chi connectivity index (χ1n) is 26.8. The molecule has 3 amide bonds. The molecule has 1 fully saturated rings. The SMILES string of the molecule is CCCCCCCCCCCCCCCCCCN(C(=O)CCCCCCCCCCCCCCC)[C@@H]1O[C@H](CO)[C@@H](O)[C@H](O)[C@H]1N(C(=O)OCc1ccccc1)C(=O)[C@@H](N)CC(C)C. The van der Waals surface area contributed by atoms with Crippen LogP contribution in [0.2, 0.25) is 0 Å². The Morgan fingerprint density at radius 2 is 1.08 bits per heavy atom. The summed E-state index contributed by atoms with van der Waals surface area (Å²) in [7, 11) is 0. The Morgan fingerprint density at radius 3 is 1.51 bits per heavy atom. The lowest BCUT2D eigenvalue weighted by molar-refractivity contribution is -0.245. The van der Waals surface area contributed by atoms with E-state index in [9.17, 15) is 29.7 Å². The van der Waals surface area contributed by atoms with Crippen LogP contribution in [0.5, 0.6) is 0 Å². The first-order chi connectivity index (χ1) is 31.6. The largest absolute Gasteiger partial charge is 0.444 e. The number of benzene rings is 1. The zero-order valence-electron chi connectivity index (χ0n) is 41.8. The van der Waals surface area contributed by atoms with Gasteiger partial charge in [0.15, 0.2) is 6.23 Å². The number of nitrogens with zero attached hydrogens (tertiary/aromatic N) is 2. The van der Waals surface area contributed by atoms with Crippen LogP contribution in [0.1, 0.15) is 232 Å². The van der Waals surface area contributed by atoms with E-state index in [0.717, 1.165) is 43.4 Å². The van der Waals surface area contributed by atoms with Crippen LogP contribution in [0.3, 0.4) is 0 Å². The summed E-state index contributed by atoms with van der Waals surface area (Å²) in [6, 6.07) is 6.36. The predicted octanol–water partition coefficient (Wildman–Crippen LogP) is 11.9. The molecular formula is C54H97N3O8. The van der Waals surface area contributed by atoms with Gasteiger partial charge in [0.05, 0.1) is 12.6 Å². The Kier molecular flexibility index (Phi) is 33.7. The number of aliphatic hydroxyl groups excluding tert-OH is 3. The Morgan fingerprint density at radius 1 is 0.646 bits per heavy atom. The zero-order valence-corrected chi connectivity index (χ0v) is 41.8. The van der Waals surface area contributed by atoms with Crippen LogP contribution in [0.4, 0.5) is 4.79 Å². The van der Waals surface area contributed by atoms with E-state index in [1.807, 2.05) is 32.0 Å². The van der Waals surface area contributed by atoms with Crippen molar-refractivity contribution in [1.29, 1.82) is 0 Å². The number of unbranched alkanes of at least 4 members (excludes halogenated alkanes) is 27. The fourth-order valence-electron chi connectivity index (χ4n) is 9.22. The van der Waals surface area contributed by atoms with Crippen molar-refractivity contribution in [2.45, 2.75) is 270 Å². The van der Waals surface area contributed by atoms with E-state index in [-0.39, 0.29) is 37.8 Å². The molecule has 5 N–H and O–H groups in total. The highest BCUT2D eigenvalue weighted by atomic mass is 16.6. The third-order valence-electron chi connectivity index (χ3n) is 13.2. The predicted molar refractivity (Wildman–Crippen MR) is 264 cm³/mol. The molecule has 0 aliphatic carbocycles. The lowest BCUT2D eigenvalue weighted by atomic mass is 9.92. The number of rotatable bonds is 39. The maximum atomic E-state index is 14.4. The minimum absolute atomic E-state index is 0.0112. The van der Waals surface area contributed by atoms with Crippen molar-refractivity contribution >= 4 is 17.9 Å². The van der Waals surface area contributed by atoms with E-state index in [0.29, 0.717) is 18.4 Å². The van der Waals surface area contributed by atoms with Crippen molar-refractivity contribution in [1.82, 2.24) is 9.80 Å². The first-order valence-corrected chi connectivity index (χ1v) is 26.8. The topological polar surface area (TPSA) is 163 Å². The van der Waals surface area contributed by atoms with Crippen LogP contribution in [-0.4, -0.2) is 92.8 Å². The molecule has 1 aromatic carbocycles. The molecule has 11 nitrogen and oxygen atoms in total. The summed E-state index contributed by atoms with van der Waals surface area (Å²) in [5.74, 6) is -1.01. The fraction of sp³-hybridized carbons (Fsp3) is 0.833. The van der Waals surface area contributed by atoms with Crippen molar-refractivity contribution in [3.05, 3.63) is 35.9 Å². The lowest BCUT2D eigenvalue weighted by Crippen LogP contribution is -2.71. The summed E-state index contributed by atoms with van der Waals surface area (Å²) in [6.07, 6.45) is 28.1. The third-order valence-corrected chi connectivity index (χ3v) is 13.2. The molecule has 0 spiro atoms. The summed E-state index contributed by atoms with van der Waals surface area (Å²) in [6.45, 7) is 7.81. The van der Waals surface area contributed by atoms with Gasteiger partial charge in [0, 0.05) is 13.0 Å². The molecule has 2 rings (SSSR count). The van der Waals surface area contributed by atoms with Crippen LogP contribution in [0, 0.1) is 5.92 Å². The summed E-state index contributed by atoms with van der Waals surface area (Å²) < 4.78 is 12.0. The summed E-state index contributed by atoms with van der Waals surface area (Å²) in [5, 5.41) is 33.4. The molecule has 6 atom stereocenters. The van der Waals surface area contributed by atoms with Crippen LogP contribution in [-0.2, 0) is 25.7 Å². The maximum Gasteiger partial charge on any atom is 0.417 e. The molecule has 1 aliphatic heterocycles. The molecule has 65 heavy (non-hydrogen) atoms. The van der Waals surface area contributed by atoms with Crippen LogP contribution >= 0.6 is 0 Å². The van der Waals surface area contributed by atoms with Gasteiger partial charge in [-0.25, -0.2) is 9.69 Å². The van der Waals surface area contributed by atoms with Gasteiger partial charge in [0.25, 0.3) is 0 Å². The summed E-state index contributed by atoms with van der Waals surface area (Å²) in [5.41, 5.74) is 7.14. The van der Waals surface area contributed by atoms with Crippen molar-refractivity contribution < 1.29 is 39.2 Å². The second-order valence-electron chi connectivity index (χ2n) is 19.6. The second-order valence-corrected chi connectivity index (χ2v) is 19.6. The molecule has 0 unspecified atom stereocenters. The number of amides is 3. The minimum atomic E-state index is -1.76. The number of aliphatic hydroxyl groups is 3. The van der Waals surface area contributed by atoms with Crippen LogP contribution in [0.15, 0.2) is 30.3 Å². The van der Waals surface area contributed by atoms with Crippen LogP contribution < -0.4 is 5.73 Å². The number of carbonyl (C=O) groups excluding carboxylic acids is 3. The molecule has 0 radical (unpaired) electrons. The van der Waals surface area contributed by atoms with Gasteiger partial charge in [-0.15, -0.1) is 0 Å². The first kappa shape index (κ1) is 58.6. The zero-order chi connectivity index (χ0) is 47.5. The van der Waals surface area contributed by atoms with Gasteiger partial charge in [-0.3, -0.25) is 9.59 Å². The van der Waals surface area contributed by atoms with Gasteiger partial charge in [0.2, 0.25) is 11.8 Å². The van der Waals surface area contributed by atoms with Crippen LogP contribution in [0.25, 0.3) is 0 Å². The van der Waals surface area contributed by atoms with E-state index < -0.39 is 55.2 Å². The highest BCUT2D eigenvalue weighted by Gasteiger charge is 2.53. The average molecular weight is 916 g/mol. The van der Waals surface area contributed by atoms with Crippen molar-refractivity contribution in [3.8, 4) is 0 Å². The van der Waals surface area contributed by atoms with Gasteiger partial charge in [-0.1, -0.05) is 231 Å². The van der Waals surface area contributed by atoms with E-state index in [4.69, 9.17) is 15.2 Å². The normalized spacial score (nSPS) is 19.1. The fourth-order valence-corrected chi connectivity index (χ4v) is 9.22. The Hall–Kier alpha value is -2.57. The number of hydrogen-bond donors (Lipinski definition) is 4. The van der Waals surface area contributed by atoms with Gasteiger partial charge in [-0.2, -0.15) is 0 Å². The quantitative estimate of drug-likeness (QED) is 0.0471. The maximum absolute atomic E-state index is 14.4. The number of hydrogen-bond acceptors (Lipinski definition) is 9. The average Bonchev–Trinajstić information content (AvgIpc) is 3.30. The van der Waals surface area contributed by atoms with Gasteiger partial charge in [0.1, 0.15) is 31.0 Å². The van der Waals surface area contributed by atoms with Gasteiger partial charge >= 0.3 is 6.09 Å². The molecule has 11 heteroatoms. The number of imide groups is 1. The minimum Gasteiger partial charge on any atom is -0.444 e. The van der Waals surface area contributed by atoms with Crippen molar-refractivity contribution in [2.75, 3.05) is 13.2 Å². The van der Waals surface area contributed by atoms with Gasteiger partial charge in [-0.05, 0) is 30.7 Å². The number of nitrogens with two attached hydrogens (primary N) is 1. The molecule has 1 heterocycles. The smallest absolute Gasteiger partial charge is 0.417 e. The number of carbonyl (C=O) groups is 3.